The fourth-order valence-corrected chi connectivity index (χ4v) is 8.62. The molecule has 7 unspecified atom stereocenters. The van der Waals surface area contributed by atoms with Gasteiger partial charge in [0.15, 0.2) is 5.69 Å². The Kier molecular flexibility index (Phi) is 12.5. The Morgan fingerprint density at radius 1 is 0.982 bits per heavy atom. The molecule has 3 heterocycles. The largest absolute Gasteiger partial charge is 0.508 e. The lowest BCUT2D eigenvalue weighted by atomic mass is 9.55. The zero-order chi connectivity index (χ0) is 40.4. The maximum absolute atomic E-state index is 14.2. The highest BCUT2D eigenvalue weighted by Crippen LogP contribution is 2.62. The monoisotopic (exact) mass is 782 g/mol. The first-order valence-corrected chi connectivity index (χ1v) is 20.0. The van der Waals surface area contributed by atoms with Gasteiger partial charge >= 0.3 is 11.9 Å². The molecule has 1 aromatic heterocycles. The smallest absolute Gasteiger partial charge is 0.362 e. The molecule has 15 nitrogen and oxygen atoms in total. The number of aliphatic hydroxyl groups is 3. The van der Waals surface area contributed by atoms with Crippen LogP contribution in [0.1, 0.15) is 144 Å². The lowest BCUT2D eigenvalue weighted by Gasteiger charge is -2.56. The molecule has 4 aliphatic rings. The third-order valence-corrected chi connectivity index (χ3v) is 10.9. The number of aromatic hydroxyl groups is 1. The highest BCUT2D eigenvalue weighted by Gasteiger charge is 2.64. The van der Waals surface area contributed by atoms with Crippen molar-refractivity contribution >= 4 is 17.7 Å². The lowest BCUT2D eigenvalue weighted by Crippen LogP contribution is -2.62. The number of phenols is 1. The lowest BCUT2D eigenvalue weighted by molar-refractivity contribution is -0.225. The van der Waals surface area contributed by atoms with Gasteiger partial charge in [0.1, 0.15) is 28.7 Å². The van der Waals surface area contributed by atoms with Gasteiger partial charge in [-0.25, -0.2) is 14.3 Å². The molecule has 2 aliphatic heterocycles. The van der Waals surface area contributed by atoms with Gasteiger partial charge in [0.2, 0.25) is 17.8 Å². The number of nitrogens with zero attached hydrogens (tertiary/aromatic N) is 4. The van der Waals surface area contributed by atoms with E-state index in [2.05, 4.69) is 16.4 Å². The van der Waals surface area contributed by atoms with E-state index in [9.17, 15) is 30.0 Å². The maximum Gasteiger partial charge on any atom is 0.362 e. The molecule has 56 heavy (non-hydrogen) atoms. The number of aromatic nitrogens is 3. The summed E-state index contributed by atoms with van der Waals surface area (Å²) in [6.07, 6.45) is 8.03. The number of hydrogen-bond acceptors (Lipinski definition) is 14. The zero-order valence-corrected chi connectivity index (χ0v) is 33.4. The summed E-state index contributed by atoms with van der Waals surface area (Å²) in [6.45, 7) is 10.8. The fourth-order valence-electron chi connectivity index (χ4n) is 8.62. The van der Waals surface area contributed by atoms with Crippen LogP contribution < -0.4 is 4.74 Å². The Morgan fingerprint density at radius 3 is 2.34 bits per heavy atom. The number of ether oxygens (including phenoxy) is 4. The second-order valence-corrected chi connectivity index (χ2v) is 17.4. The quantitative estimate of drug-likeness (QED) is 0.109. The molecule has 1 saturated heterocycles. The summed E-state index contributed by atoms with van der Waals surface area (Å²) in [7, 11) is 0. The van der Waals surface area contributed by atoms with Crippen LogP contribution in [0.5, 0.6) is 11.5 Å². The van der Waals surface area contributed by atoms with Gasteiger partial charge in [0, 0.05) is 37.5 Å². The van der Waals surface area contributed by atoms with E-state index in [-0.39, 0.29) is 48.6 Å². The Morgan fingerprint density at radius 2 is 1.68 bits per heavy atom. The summed E-state index contributed by atoms with van der Waals surface area (Å²) in [6, 6.07) is 3.57. The standard InChI is InChI=1S/C41H58N4O11/c1-39(2,3)54-37(49)35-36(38(50)55-40(4,5)6)45(44-42-35)31-23-29(43-56-32-15-9-12-20-52-32)27-21-24(13-7-10-18-46)26(14-8-11-19-47)33-28-22-25(48)16-17-30(28)53-41(31,51)34(27)33/h16-17,21-22,24,26,31-34,46-48,51H,7-15,18-20,23H2,1-6H3. The number of phenolic OH excluding ortho intramolecular Hbond substituents is 1. The van der Waals surface area contributed by atoms with Crippen LogP contribution in [0.15, 0.2) is 35.0 Å². The minimum atomic E-state index is -2.11. The van der Waals surface area contributed by atoms with Crippen molar-refractivity contribution in [2.24, 2.45) is 22.9 Å². The molecule has 6 rings (SSSR count). The van der Waals surface area contributed by atoms with E-state index in [1.165, 1.54) is 10.7 Å². The molecule has 0 bridgehead atoms. The minimum absolute atomic E-state index is 0.0285. The zero-order valence-electron chi connectivity index (χ0n) is 33.4. The second kappa shape index (κ2) is 16.8. The first-order valence-electron chi connectivity index (χ1n) is 20.0. The summed E-state index contributed by atoms with van der Waals surface area (Å²) in [5, 5.41) is 56.9. The van der Waals surface area contributed by atoms with Crippen molar-refractivity contribution in [1.29, 1.82) is 0 Å². The van der Waals surface area contributed by atoms with Gasteiger partial charge in [-0.05, 0) is 116 Å². The molecule has 7 atom stereocenters. The number of hydrogen-bond donors (Lipinski definition) is 4. The molecule has 2 aliphatic carbocycles. The van der Waals surface area contributed by atoms with Gasteiger partial charge in [0.25, 0.3) is 0 Å². The number of unbranched alkanes of at least 4 members (excludes halogenated alkanes) is 2. The summed E-state index contributed by atoms with van der Waals surface area (Å²) in [5.41, 5.74) is -0.729. The van der Waals surface area contributed by atoms with E-state index in [1.807, 2.05) is 0 Å². The maximum atomic E-state index is 14.2. The van der Waals surface area contributed by atoms with E-state index in [0.717, 1.165) is 25.7 Å². The van der Waals surface area contributed by atoms with Crippen LogP contribution in [0, 0.1) is 17.8 Å². The van der Waals surface area contributed by atoms with Crippen molar-refractivity contribution in [3.05, 3.63) is 46.8 Å². The van der Waals surface area contributed by atoms with E-state index in [4.69, 9.17) is 28.9 Å². The number of benzene rings is 1. The van der Waals surface area contributed by atoms with E-state index in [0.29, 0.717) is 61.3 Å². The van der Waals surface area contributed by atoms with Gasteiger partial charge in [0.05, 0.1) is 18.2 Å². The SMILES string of the molecule is CC(C)(C)OC(=O)c1nnn(C2CC(=NOC3CCCCO3)C3=CC(CCCCO)C(CCCCO)C4c5cc(O)ccc5OC2(O)C34)c1C(=O)OC(C)(C)C. The third-order valence-electron chi connectivity index (χ3n) is 10.9. The number of aliphatic hydroxyl groups excluding tert-OH is 2. The van der Waals surface area contributed by atoms with Crippen LogP contribution in [-0.2, 0) is 19.0 Å². The minimum Gasteiger partial charge on any atom is -0.508 e. The number of carbonyl (C=O) groups excluding carboxylic acids is 2. The Labute approximate surface area is 328 Å². The van der Waals surface area contributed by atoms with Crippen LogP contribution in [-0.4, -0.2) is 96.2 Å². The number of fused-ring (bicyclic) bond motifs is 2. The molecule has 0 radical (unpaired) electrons. The number of esters is 2. The van der Waals surface area contributed by atoms with Crippen LogP contribution in [0.4, 0.5) is 0 Å². The second-order valence-electron chi connectivity index (χ2n) is 17.4. The summed E-state index contributed by atoms with van der Waals surface area (Å²) < 4.78 is 25.2. The number of oxime groups is 1. The molecule has 1 saturated carbocycles. The molecule has 15 heteroatoms. The van der Waals surface area contributed by atoms with Crippen LogP contribution in [0.25, 0.3) is 0 Å². The Hall–Kier alpha value is -4.05. The molecular formula is C41H58N4O11. The molecule has 4 N–H and O–H groups in total. The highest BCUT2D eigenvalue weighted by molar-refractivity contribution is 6.03. The van der Waals surface area contributed by atoms with Gasteiger partial charge in [-0.1, -0.05) is 29.3 Å². The van der Waals surface area contributed by atoms with Crippen LogP contribution in [0.2, 0.25) is 0 Å². The summed E-state index contributed by atoms with van der Waals surface area (Å²) in [5.74, 6) is -4.95. The molecule has 2 aromatic rings. The number of rotatable bonds is 13. The van der Waals surface area contributed by atoms with Crippen molar-refractivity contribution in [1.82, 2.24) is 15.0 Å². The summed E-state index contributed by atoms with van der Waals surface area (Å²) >= 11 is 0. The molecule has 308 valence electrons. The average molecular weight is 783 g/mol. The van der Waals surface area contributed by atoms with Crippen molar-refractivity contribution in [2.45, 2.75) is 141 Å². The van der Waals surface area contributed by atoms with Crippen molar-refractivity contribution < 1.29 is 53.8 Å². The van der Waals surface area contributed by atoms with E-state index >= 15 is 0 Å². The van der Waals surface area contributed by atoms with Gasteiger partial charge < -0.3 is 44.2 Å². The van der Waals surface area contributed by atoms with Crippen LogP contribution >= 0.6 is 0 Å². The molecule has 2 fully saturated rings. The molecule has 0 amide bonds. The highest BCUT2D eigenvalue weighted by atomic mass is 16.8. The van der Waals surface area contributed by atoms with Crippen molar-refractivity contribution in [3.63, 3.8) is 0 Å². The van der Waals surface area contributed by atoms with E-state index < -0.39 is 53.1 Å². The summed E-state index contributed by atoms with van der Waals surface area (Å²) in [4.78, 5) is 33.9. The third kappa shape index (κ3) is 8.90. The number of carbonyl (C=O) groups is 2. The topological polar surface area (TPSA) is 204 Å². The fraction of sp³-hybridized carbons (Fsp3) is 0.683. The van der Waals surface area contributed by atoms with Gasteiger partial charge in [-0.3, -0.25) is 0 Å². The van der Waals surface area contributed by atoms with Crippen molar-refractivity contribution in [2.75, 3.05) is 19.8 Å². The first kappa shape index (κ1) is 41.6. The number of allylic oxidation sites excluding steroid dienone is 1. The predicted octanol–water partition coefficient (Wildman–Crippen LogP) is 5.72. The molecule has 0 spiro atoms. The Bertz CT molecular complexity index is 1790. The van der Waals surface area contributed by atoms with Gasteiger partial charge in [-0.2, -0.15) is 0 Å². The predicted molar refractivity (Wildman–Crippen MR) is 203 cm³/mol. The Balaban J connectivity index is 1.57. The van der Waals surface area contributed by atoms with Gasteiger partial charge in [-0.15, -0.1) is 5.10 Å². The molecule has 1 aromatic carbocycles. The first-order chi connectivity index (χ1) is 26.5. The van der Waals surface area contributed by atoms with Crippen LogP contribution in [0.3, 0.4) is 0 Å². The average Bonchev–Trinajstić information content (AvgIpc) is 3.57. The van der Waals surface area contributed by atoms with Crippen molar-refractivity contribution in [3.8, 4) is 11.5 Å². The molecular weight excluding hydrogens is 724 g/mol. The normalized spacial score (nSPS) is 28.1. The van der Waals surface area contributed by atoms with E-state index in [1.54, 1.807) is 53.7 Å².